The molecule has 6 nitrogen and oxygen atoms in total. The second-order valence-corrected chi connectivity index (χ2v) is 3.79. The fourth-order valence-corrected chi connectivity index (χ4v) is 1.92. The SMILES string of the molecule is CCCC[C@]1(C(OC)OC)NC(=O)NC1=O. The summed E-state index contributed by atoms with van der Waals surface area (Å²) in [6.45, 7) is 2.01. The predicted octanol–water partition coefficient (Wildman–Crippen LogP) is 0.374. The van der Waals surface area contributed by atoms with Gasteiger partial charge < -0.3 is 14.8 Å². The standard InChI is InChI=1S/C10H18N2O4/c1-4-5-6-10(8(15-2)16-3)7(13)11-9(14)12-10/h8H,4-6H2,1-3H3,(H2,11,12,13,14)/t10-/m0/s1. The third kappa shape index (κ3) is 2.17. The Bertz CT molecular complexity index is 278. The first-order valence-electron chi connectivity index (χ1n) is 5.30. The number of carbonyl (C=O) groups excluding carboxylic acids is 2. The van der Waals surface area contributed by atoms with Crippen LogP contribution >= 0.6 is 0 Å². The molecule has 0 aromatic rings. The molecule has 2 N–H and O–H groups in total. The largest absolute Gasteiger partial charge is 0.353 e. The van der Waals surface area contributed by atoms with Crippen LogP contribution in [0, 0.1) is 0 Å². The highest BCUT2D eigenvalue weighted by atomic mass is 16.7. The van der Waals surface area contributed by atoms with Gasteiger partial charge in [0.15, 0.2) is 11.8 Å². The number of amides is 3. The topological polar surface area (TPSA) is 76.7 Å². The van der Waals surface area contributed by atoms with Gasteiger partial charge in [-0.15, -0.1) is 0 Å². The number of rotatable bonds is 6. The van der Waals surface area contributed by atoms with Crippen LogP contribution in [0.15, 0.2) is 0 Å². The van der Waals surface area contributed by atoms with Gasteiger partial charge in [-0.2, -0.15) is 0 Å². The van der Waals surface area contributed by atoms with Gasteiger partial charge in [-0.25, -0.2) is 4.79 Å². The number of nitrogens with one attached hydrogen (secondary N) is 2. The molecule has 1 aliphatic rings. The number of hydrogen-bond acceptors (Lipinski definition) is 4. The number of ether oxygens (including phenoxy) is 2. The molecule has 1 aliphatic heterocycles. The van der Waals surface area contributed by atoms with Crippen molar-refractivity contribution in [3.8, 4) is 0 Å². The summed E-state index contributed by atoms with van der Waals surface area (Å²) in [7, 11) is 2.89. The molecule has 1 fully saturated rings. The van der Waals surface area contributed by atoms with Crippen LogP contribution in [0.1, 0.15) is 26.2 Å². The number of hydrogen-bond donors (Lipinski definition) is 2. The second-order valence-electron chi connectivity index (χ2n) is 3.79. The quantitative estimate of drug-likeness (QED) is 0.510. The van der Waals surface area contributed by atoms with E-state index in [0.29, 0.717) is 6.42 Å². The number of urea groups is 1. The molecule has 16 heavy (non-hydrogen) atoms. The summed E-state index contributed by atoms with van der Waals surface area (Å²) in [6, 6.07) is -0.500. The van der Waals surface area contributed by atoms with E-state index in [0.717, 1.165) is 12.8 Å². The molecule has 1 rings (SSSR count). The van der Waals surface area contributed by atoms with Crippen molar-refractivity contribution in [2.24, 2.45) is 0 Å². The summed E-state index contributed by atoms with van der Waals surface area (Å²) in [4.78, 5) is 23.0. The van der Waals surface area contributed by atoms with E-state index in [1.54, 1.807) is 0 Å². The summed E-state index contributed by atoms with van der Waals surface area (Å²) in [6.07, 6.45) is 1.44. The van der Waals surface area contributed by atoms with Crippen LogP contribution in [0.4, 0.5) is 4.79 Å². The number of methoxy groups -OCH3 is 2. The summed E-state index contributed by atoms with van der Waals surface area (Å²) < 4.78 is 10.2. The molecule has 92 valence electrons. The molecular weight excluding hydrogens is 212 g/mol. The minimum Gasteiger partial charge on any atom is -0.353 e. The Morgan fingerprint density at radius 1 is 1.31 bits per heavy atom. The molecule has 1 heterocycles. The Morgan fingerprint density at radius 2 is 1.94 bits per heavy atom. The molecule has 0 radical (unpaired) electrons. The molecule has 0 unspecified atom stereocenters. The average Bonchev–Trinajstić information content (AvgIpc) is 2.54. The molecular formula is C10H18N2O4. The molecule has 0 saturated carbocycles. The van der Waals surface area contributed by atoms with Crippen LogP contribution in [0.2, 0.25) is 0 Å². The highest BCUT2D eigenvalue weighted by Crippen LogP contribution is 2.25. The Kier molecular flexibility index (Phi) is 4.26. The van der Waals surface area contributed by atoms with Gasteiger partial charge in [0.25, 0.3) is 5.91 Å². The van der Waals surface area contributed by atoms with Crippen molar-refractivity contribution >= 4 is 11.9 Å². The Balaban J connectivity index is 2.91. The maximum absolute atomic E-state index is 11.8. The minimum absolute atomic E-state index is 0.389. The first-order chi connectivity index (χ1) is 7.60. The van der Waals surface area contributed by atoms with E-state index >= 15 is 0 Å². The van der Waals surface area contributed by atoms with E-state index in [-0.39, 0.29) is 5.91 Å². The summed E-state index contributed by atoms with van der Waals surface area (Å²) in [5.41, 5.74) is -1.10. The van der Waals surface area contributed by atoms with E-state index in [1.165, 1.54) is 14.2 Å². The van der Waals surface area contributed by atoms with Crippen molar-refractivity contribution in [2.45, 2.75) is 38.0 Å². The van der Waals surface area contributed by atoms with Gasteiger partial charge in [0.1, 0.15) is 0 Å². The third-order valence-electron chi connectivity index (χ3n) is 2.72. The lowest BCUT2D eigenvalue weighted by molar-refractivity contribution is -0.165. The van der Waals surface area contributed by atoms with Crippen molar-refractivity contribution in [1.82, 2.24) is 10.6 Å². The van der Waals surface area contributed by atoms with Crippen molar-refractivity contribution in [3.05, 3.63) is 0 Å². The van der Waals surface area contributed by atoms with Crippen molar-refractivity contribution in [2.75, 3.05) is 14.2 Å². The summed E-state index contributed by atoms with van der Waals surface area (Å²) in [5, 5.41) is 4.82. The van der Waals surface area contributed by atoms with Crippen LogP contribution in [-0.2, 0) is 14.3 Å². The molecule has 1 saturated heterocycles. The van der Waals surface area contributed by atoms with E-state index < -0.39 is 17.9 Å². The first-order valence-corrected chi connectivity index (χ1v) is 5.30. The minimum atomic E-state index is -1.10. The lowest BCUT2D eigenvalue weighted by Gasteiger charge is -2.32. The van der Waals surface area contributed by atoms with Gasteiger partial charge in [0.05, 0.1) is 0 Å². The van der Waals surface area contributed by atoms with Gasteiger partial charge in [0, 0.05) is 14.2 Å². The smallest absolute Gasteiger partial charge is 0.322 e. The Hall–Kier alpha value is -1.14. The highest BCUT2D eigenvalue weighted by molar-refractivity contribution is 6.07. The zero-order chi connectivity index (χ0) is 12.2. The average molecular weight is 230 g/mol. The zero-order valence-corrected chi connectivity index (χ0v) is 9.83. The van der Waals surface area contributed by atoms with Gasteiger partial charge in [-0.1, -0.05) is 19.8 Å². The monoisotopic (exact) mass is 230 g/mol. The van der Waals surface area contributed by atoms with E-state index in [2.05, 4.69) is 10.6 Å². The molecule has 6 heteroatoms. The Morgan fingerprint density at radius 3 is 2.31 bits per heavy atom. The maximum atomic E-state index is 11.8. The molecule has 0 aliphatic carbocycles. The molecule has 0 aromatic heterocycles. The molecule has 0 aromatic carbocycles. The Labute approximate surface area is 94.7 Å². The maximum Gasteiger partial charge on any atom is 0.322 e. The number of unbranched alkanes of at least 4 members (excludes halogenated alkanes) is 1. The molecule has 0 bridgehead atoms. The van der Waals surface area contributed by atoms with Crippen LogP contribution in [-0.4, -0.2) is 38.0 Å². The van der Waals surface area contributed by atoms with Crippen LogP contribution < -0.4 is 10.6 Å². The summed E-state index contributed by atoms with van der Waals surface area (Å²) in [5.74, 6) is -0.389. The fraction of sp³-hybridized carbons (Fsp3) is 0.800. The first kappa shape index (κ1) is 12.9. The number of imide groups is 1. The second kappa shape index (κ2) is 5.27. The van der Waals surface area contributed by atoms with Crippen LogP contribution in [0.5, 0.6) is 0 Å². The molecule has 3 amide bonds. The van der Waals surface area contributed by atoms with E-state index in [9.17, 15) is 9.59 Å². The van der Waals surface area contributed by atoms with E-state index in [4.69, 9.17) is 9.47 Å². The van der Waals surface area contributed by atoms with Gasteiger partial charge >= 0.3 is 6.03 Å². The lowest BCUT2D eigenvalue weighted by Crippen LogP contribution is -2.57. The lowest BCUT2D eigenvalue weighted by atomic mass is 9.92. The molecule has 1 atom stereocenters. The van der Waals surface area contributed by atoms with Crippen molar-refractivity contribution in [1.29, 1.82) is 0 Å². The zero-order valence-electron chi connectivity index (χ0n) is 9.83. The van der Waals surface area contributed by atoms with E-state index in [1.807, 2.05) is 6.92 Å². The van der Waals surface area contributed by atoms with Gasteiger partial charge in [0.2, 0.25) is 0 Å². The highest BCUT2D eigenvalue weighted by Gasteiger charge is 2.52. The van der Waals surface area contributed by atoms with Gasteiger partial charge in [-0.3, -0.25) is 10.1 Å². The van der Waals surface area contributed by atoms with Gasteiger partial charge in [-0.05, 0) is 6.42 Å². The van der Waals surface area contributed by atoms with Crippen LogP contribution in [0.25, 0.3) is 0 Å². The fourth-order valence-electron chi connectivity index (χ4n) is 1.92. The normalized spacial score (nSPS) is 24.8. The van der Waals surface area contributed by atoms with Crippen molar-refractivity contribution in [3.63, 3.8) is 0 Å². The molecule has 0 spiro atoms. The van der Waals surface area contributed by atoms with Crippen molar-refractivity contribution < 1.29 is 19.1 Å². The summed E-state index contributed by atoms with van der Waals surface area (Å²) >= 11 is 0. The number of carbonyl (C=O) groups is 2. The van der Waals surface area contributed by atoms with Crippen LogP contribution in [0.3, 0.4) is 0 Å². The predicted molar refractivity (Wildman–Crippen MR) is 56.7 cm³/mol. The third-order valence-corrected chi connectivity index (χ3v) is 2.72.